The first kappa shape index (κ1) is 10.1. The molecule has 1 N–H and O–H groups in total. The maximum absolute atomic E-state index is 11.3. The number of thiophene rings is 1. The highest BCUT2D eigenvalue weighted by atomic mass is 32.2. The molecular formula is C8H11NO3S2. The monoisotopic (exact) mass is 233 g/mol. The number of sulfonamides is 1. The van der Waals surface area contributed by atoms with Crippen molar-refractivity contribution in [1.29, 1.82) is 0 Å². The molecule has 1 aliphatic rings. The molecule has 0 aromatic carbocycles. The summed E-state index contributed by atoms with van der Waals surface area (Å²) in [5, 5.41) is 11.6. The zero-order valence-electron chi connectivity index (χ0n) is 7.67. The summed E-state index contributed by atoms with van der Waals surface area (Å²) in [7, 11) is -3.20. The van der Waals surface area contributed by atoms with Gasteiger partial charge in [-0.2, -0.15) is 4.31 Å². The van der Waals surface area contributed by atoms with E-state index in [0.717, 1.165) is 10.4 Å². The molecule has 1 atom stereocenters. The molecule has 0 spiro atoms. The molecule has 2 rings (SSSR count). The van der Waals surface area contributed by atoms with E-state index in [1.54, 1.807) is 0 Å². The Morgan fingerprint density at radius 2 is 2.36 bits per heavy atom. The highest BCUT2D eigenvalue weighted by molar-refractivity contribution is 7.88. The van der Waals surface area contributed by atoms with Crippen LogP contribution >= 0.6 is 11.3 Å². The van der Waals surface area contributed by atoms with E-state index < -0.39 is 16.1 Å². The molecule has 78 valence electrons. The SMILES string of the molecule is CS(=O)(=O)N1Cc2sccc2C(O)C1. The number of β-amino-alcohol motifs (C(OH)–C–C–N with tert-alkyl or cyclic N) is 1. The number of hydrogen-bond donors (Lipinski definition) is 1. The summed E-state index contributed by atoms with van der Waals surface area (Å²) >= 11 is 1.48. The maximum Gasteiger partial charge on any atom is 0.211 e. The summed E-state index contributed by atoms with van der Waals surface area (Å²) < 4.78 is 23.9. The van der Waals surface area contributed by atoms with Crippen molar-refractivity contribution in [1.82, 2.24) is 4.31 Å². The second-order valence-electron chi connectivity index (χ2n) is 3.37. The Morgan fingerprint density at radius 1 is 1.64 bits per heavy atom. The van der Waals surface area contributed by atoms with Crippen LogP contribution in [0.4, 0.5) is 0 Å². The van der Waals surface area contributed by atoms with Crippen molar-refractivity contribution in [2.45, 2.75) is 12.6 Å². The smallest absolute Gasteiger partial charge is 0.211 e. The lowest BCUT2D eigenvalue weighted by Gasteiger charge is -2.28. The zero-order chi connectivity index (χ0) is 10.3. The van der Waals surface area contributed by atoms with Gasteiger partial charge >= 0.3 is 0 Å². The first-order valence-electron chi connectivity index (χ1n) is 4.18. The van der Waals surface area contributed by atoms with E-state index in [9.17, 15) is 13.5 Å². The summed E-state index contributed by atoms with van der Waals surface area (Å²) in [4.78, 5) is 0.939. The lowest BCUT2D eigenvalue weighted by molar-refractivity contribution is 0.134. The molecule has 0 saturated heterocycles. The molecule has 2 heterocycles. The van der Waals surface area contributed by atoms with Gasteiger partial charge in [-0.05, 0) is 17.0 Å². The normalized spacial score (nSPS) is 23.4. The third-order valence-corrected chi connectivity index (χ3v) is 4.44. The minimum Gasteiger partial charge on any atom is -0.387 e. The summed E-state index contributed by atoms with van der Waals surface area (Å²) in [5.41, 5.74) is 0.870. The highest BCUT2D eigenvalue weighted by Crippen LogP contribution is 2.31. The van der Waals surface area contributed by atoms with E-state index in [1.165, 1.54) is 21.9 Å². The van der Waals surface area contributed by atoms with Crippen LogP contribution < -0.4 is 0 Å². The summed E-state index contributed by atoms with van der Waals surface area (Å²) in [5.74, 6) is 0. The van der Waals surface area contributed by atoms with E-state index in [2.05, 4.69) is 0 Å². The third-order valence-electron chi connectivity index (χ3n) is 2.30. The molecule has 0 radical (unpaired) electrons. The quantitative estimate of drug-likeness (QED) is 0.771. The van der Waals surface area contributed by atoms with E-state index in [4.69, 9.17) is 0 Å². The molecule has 0 bridgehead atoms. The Hall–Kier alpha value is -0.430. The fourth-order valence-corrected chi connectivity index (χ4v) is 3.35. The van der Waals surface area contributed by atoms with Crippen molar-refractivity contribution in [3.8, 4) is 0 Å². The third kappa shape index (κ3) is 1.70. The van der Waals surface area contributed by atoms with Crippen LogP contribution in [0.25, 0.3) is 0 Å². The Balaban J connectivity index is 2.35. The second-order valence-corrected chi connectivity index (χ2v) is 6.35. The van der Waals surface area contributed by atoms with Crippen LogP contribution in [0.5, 0.6) is 0 Å². The zero-order valence-corrected chi connectivity index (χ0v) is 9.31. The minimum atomic E-state index is -3.20. The van der Waals surface area contributed by atoms with Crippen molar-refractivity contribution in [3.63, 3.8) is 0 Å². The predicted octanol–water partition coefficient (Wildman–Crippen LogP) is 0.557. The molecule has 1 aromatic heterocycles. The van der Waals surface area contributed by atoms with E-state index >= 15 is 0 Å². The van der Waals surface area contributed by atoms with Crippen LogP contribution in [0.15, 0.2) is 11.4 Å². The van der Waals surface area contributed by atoms with Crippen LogP contribution in [0, 0.1) is 0 Å². The summed E-state index contributed by atoms with van der Waals surface area (Å²) in [6.45, 7) is 0.561. The molecule has 1 aliphatic heterocycles. The van der Waals surface area contributed by atoms with Crippen LogP contribution in [0.2, 0.25) is 0 Å². The van der Waals surface area contributed by atoms with Gasteiger partial charge in [0.25, 0.3) is 0 Å². The largest absolute Gasteiger partial charge is 0.387 e. The van der Waals surface area contributed by atoms with E-state index in [-0.39, 0.29) is 6.54 Å². The number of aliphatic hydroxyl groups excluding tert-OH is 1. The average molecular weight is 233 g/mol. The number of hydrogen-bond acceptors (Lipinski definition) is 4. The number of aliphatic hydroxyl groups is 1. The average Bonchev–Trinajstić information content (AvgIpc) is 2.50. The molecule has 1 aromatic rings. The van der Waals surface area contributed by atoms with Crippen LogP contribution in [0.3, 0.4) is 0 Å². The molecular weight excluding hydrogens is 222 g/mol. The summed E-state index contributed by atoms with van der Waals surface area (Å²) in [6.07, 6.45) is 0.484. The molecule has 6 heteroatoms. The van der Waals surface area contributed by atoms with Crippen molar-refractivity contribution >= 4 is 21.4 Å². The van der Waals surface area contributed by atoms with Gasteiger partial charge in [-0.1, -0.05) is 0 Å². The van der Waals surface area contributed by atoms with Crippen LogP contribution in [-0.2, 0) is 16.6 Å². The Bertz CT molecular complexity index is 437. The van der Waals surface area contributed by atoms with Gasteiger partial charge in [-0.15, -0.1) is 11.3 Å². The molecule has 14 heavy (non-hydrogen) atoms. The Labute approximate surface area is 86.8 Å². The lowest BCUT2D eigenvalue weighted by Crippen LogP contribution is -2.36. The van der Waals surface area contributed by atoms with Gasteiger partial charge < -0.3 is 5.11 Å². The minimum absolute atomic E-state index is 0.169. The highest BCUT2D eigenvalue weighted by Gasteiger charge is 2.29. The van der Waals surface area contributed by atoms with Gasteiger partial charge in [-0.25, -0.2) is 8.42 Å². The number of rotatable bonds is 1. The van der Waals surface area contributed by atoms with Crippen molar-refractivity contribution in [2.24, 2.45) is 0 Å². The van der Waals surface area contributed by atoms with Crippen LogP contribution in [-0.4, -0.2) is 30.6 Å². The fraction of sp³-hybridized carbons (Fsp3) is 0.500. The number of nitrogens with zero attached hydrogens (tertiary/aromatic N) is 1. The van der Waals surface area contributed by atoms with Crippen molar-refractivity contribution < 1.29 is 13.5 Å². The Kier molecular flexibility index (Phi) is 2.38. The van der Waals surface area contributed by atoms with Crippen molar-refractivity contribution in [3.05, 3.63) is 21.9 Å². The first-order chi connectivity index (χ1) is 6.48. The first-order valence-corrected chi connectivity index (χ1v) is 6.91. The Morgan fingerprint density at radius 3 is 3.00 bits per heavy atom. The molecule has 0 saturated carbocycles. The lowest BCUT2D eigenvalue weighted by atomic mass is 10.1. The topological polar surface area (TPSA) is 57.6 Å². The van der Waals surface area contributed by atoms with E-state index in [0.29, 0.717) is 6.54 Å². The van der Waals surface area contributed by atoms with Gasteiger partial charge in [-0.3, -0.25) is 0 Å². The van der Waals surface area contributed by atoms with Gasteiger partial charge in [0.1, 0.15) is 0 Å². The standard InChI is InChI=1S/C8H11NO3S2/c1-14(11,12)9-4-7(10)6-2-3-13-8(6)5-9/h2-3,7,10H,4-5H2,1H3. The van der Waals surface area contributed by atoms with Gasteiger partial charge in [0.2, 0.25) is 10.0 Å². The van der Waals surface area contributed by atoms with Gasteiger partial charge in [0.15, 0.2) is 0 Å². The summed E-state index contributed by atoms with van der Waals surface area (Å²) in [6, 6.07) is 1.85. The second kappa shape index (κ2) is 3.30. The molecule has 0 fully saturated rings. The molecule has 1 unspecified atom stereocenters. The van der Waals surface area contributed by atoms with Gasteiger partial charge in [0, 0.05) is 18.0 Å². The predicted molar refractivity (Wildman–Crippen MR) is 54.5 cm³/mol. The van der Waals surface area contributed by atoms with Gasteiger partial charge in [0.05, 0.1) is 12.4 Å². The molecule has 4 nitrogen and oxygen atoms in total. The van der Waals surface area contributed by atoms with Crippen molar-refractivity contribution in [2.75, 3.05) is 12.8 Å². The molecule has 0 amide bonds. The maximum atomic E-state index is 11.3. The van der Waals surface area contributed by atoms with Crippen LogP contribution in [0.1, 0.15) is 16.5 Å². The fourth-order valence-electron chi connectivity index (χ4n) is 1.54. The number of fused-ring (bicyclic) bond motifs is 1. The molecule has 0 aliphatic carbocycles. The van der Waals surface area contributed by atoms with E-state index in [1.807, 2.05) is 11.4 Å².